The van der Waals surface area contributed by atoms with Crippen molar-refractivity contribution in [1.29, 1.82) is 0 Å². The molecule has 30 heavy (non-hydrogen) atoms. The van der Waals surface area contributed by atoms with E-state index in [0.29, 0.717) is 31.6 Å². The molecule has 1 N–H and O–H groups in total. The number of aryl methyl sites for hydroxylation is 1. The van der Waals surface area contributed by atoms with E-state index < -0.39 is 10.0 Å². The summed E-state index contributed by atoms with van der Waals surface area (Å²) in [5.41, 5.74) is 1.09. The van der Waals surface area contributed by atoms with E-state index in [4.69, 9.17) is 0 Å². The summed E-state index contributed by atoms with van der Waals surface area (Å²) < 4.78 is 27.8. The number of hydrogen-bond acceptors (Lipinski definition) is 4. The van der Waals surface area contributed by atoms with E-state index in [1.165, 1.54) is 6.07 Å². The Morgan fingerprint density at radius 2 is 1.90 bits per heavy atom. The summed E-state index contributed by atoms with van der Waals surface area (Å²) in [6.45, 7) is 5.81. The first kappa shape index (κ1) is 22.7. The molecule has 2 fully saturated rings. The van der Waals surface area contributed by atoms with Gasteiger partial charge in [-0.3, -0.25) is 9.59 Å². The number of benzene rings is 1. The third kappa shape index (κ3) is 5.21. The van der Waals surface area contributed by atoms with Crippen LogP contribution in [0.25, 0.3) is 0 Å². The molecule has 0 aliphatic carbocycles. The molecule has 166 valence electrons. The van der Waals surface area contributed by atoms with Crippen molar-refractivity contribution in [3.63, 3.8) is 0 Å². The van der Waals surface area contributed by atoms with Crippen molar-refractivity contribution >= 4 is 21.8 Å². The molecule has 2 aliphatic heterocycles. The lowest BCUT2D eigenvalue weighted by Crippen LogP contribution is -2.42. The molecule has 0 spiro atoms. The molecule has 0 saturated carbocycles. The van der Waals surface area contributed by atoms with Crippen LogP contribution in [0.2, 0.25) is 0 Å². The highest BCUT2D eigenvalue weighted by Gasteiger charge is 2.31. The Morgan fingerprint density at radius 3 is 2.67 bits per heavy atom. The first-order chi connectivity index (χ1) is 14.3. The number of amides is 2. The van der Waals surface area contributed by atoms with Gasteiger partial charge < -0.3 is 10.2 Å². The summed E-state index contributed by atoms with van der Waals surface area (Å²) in [4.78, 5) is 26.8. The predicted octanol–water partition coefficient (Wildman–Crippen LogP) is 2.69. The Labute approximate surface area is 179 Å². The second kappa shape index (κ2) is 9.92. The van der Waals surface area contributed by atoms with E-state index in [-0.39, 0.29) is 22.8 Å². The summed E-state index contributed by atoms with van der Waals surface area (Å²) in [7, 11) is -3.63. The molecule has 1 aromatic carbocycles. The molecule has 1 aromatic rings. The lowest BCUT2D eigenvalue weighted by atomic mass is 10.1. The van der Waals surface area contributed by atoms with Gasteiger partial charge in [0.2, 0.25) is 15.9 Å². The van der Waals surface area contributed by atoms with Crippen LogP contribution in [0, 0.1) is 6.92 Å². The van der Waals surface area contributed by atoms with Crippen molar-refractivity contribution in [3.05, 3.63) is 29.3 Å². The molecular formula is C22H33N3O4S. The minimum absolute atomic E-state index is 0.0338. The van der Waals surface area contributed by atoms with Crippen LogP contribution in [-0.2, 0) is 14.8 Å². The molecule has 1 atom stereocenters. The van der Waals surface area contributed by atoms with Crippen LogP contribution in [-0.4, -0.2) is 61.7 Å². The molecule has 2 amide bonds. The number of sulfonamides is 1. The van der Waals surface area contributed by atoms with Crippen LogP contribution in [0.5, 0.6) is 0 Å². The van der Waals surface area contributed by atoms with E-state index in [0.717, 1.165) is 50.6 Å². The normalized spacial score (nSPS) is 21.3. The van der Waals surface area contributed by atoms with Crippen molar-refractivity contribution in [1.82, 2.24) is 14.5 Å². The zero-order chi connectivity index (χ0) is 21.7. The zero-order valence-corrected chi connectivity index (χ0v) is 18.8. The first-order valence-electron chi connectivity index (χ1n) is 11.0. The Bertz CT molecular complexity index is 884. The molecule has 3 rings (SSSR count). The molecule has 2 heterocycles. The quantitative estimate of drug-likeness (QED) is 0.744. The maximum atomic E-state index is 13.1. The zero-order valence-electron chi connectivity index (χ0n) is 18.0. The fourth-order valence-electron chi connectivity index (χ4n) is 4.25. The van der Waals surface area contributed by atoms with Gasteiger partial charge in [-0.1, -0.05) is 18.9 Å². The topological polar surface area (TPSA) is 86.8 Å². The van der Waals surface area contributed by atoms with Crippen LogP contribution in [0.4, 0.5) is 0 Å². The highest BCUT2D eigenvalue weighted by atomic mass is 32.2. The number of nitrogens with one attached hydrogen (secondary N) is 1. The average Bonchev–Trinajstić information content (AvgIpc) is 2.92. The maximum Gasteiger partial charge on any atom is 0.251 e. The first-order valence-corrected chi connectivity index (χ1v) is 12.4. The fourth-order valence-corrected chi connectivity index (χ4v) is 5.97. The number of nitrogens with zero attached hydrogens (tertiary/aromatic N) is 2. The van der Waals surface area contributed by atoms with E-state index in [9.17, 15) is 18.0 Å². The lowest BCUT2D eigenvalue weighted by Gasteiger charge is -2.32. The summed E-state index contributed by atoms with van der Waals surface area (Å²) >= 11 is 0. The predicted molar refractivity (Wildman–Crippen MR) is 116 cm³/mol. The highest BCUT2D eigenvalue weighted by Crippen LogP contribution is 2.26. The number of carbonyl (C=O) groups excluding carboxylic acids is 2. The van der Waals surface area contributed by atoms with E-state index in [1.807, 2.05) is 6.92 Å². The third-order valence-electron chi connectivity index (χ3n) is 6.14. The van der Waals surface area contributed by atoms with Gasteiger partial charge in [0.1, 0.15) is 0 Å². The van der Waals surface area contributed by atoms with Crippen molar-refractivity contribution in [3.8, 4) is 0 Å². The molecule has 1 unspecified atom stereocenters. The minimum Gasteiger partial charge on any atom is -0.350 e. The lowest BCUT2D eigenvalue weighted by molar-refractivity contribution is -0.130. The summed E-state index contributed by atoms with van der Waals surface area (Å²) in [6, 6.07) is 4.72. The highest BCUT2D eigenvalue weighted by molar-refractivity contribution is 7.89. The number of piperidine rings is 1. The van der Waals surface area contributed by atoms with Crippen molar-refractivity contribution < 1.29 is 18.0 Å². The second-order valence-electron chi connectivity index (χ2n) is 8.38. The molecule has 2 saturated heterocycles. The number of hydrogen-bond donors (Lipinski definition) is 1. The molecule has 0 bridgehead atoms. The standard InChI is InChI=1S/C22H33N3O4S/c1-17-10-11-19(30(28,29)25-14-7-5-8-18(25)2)16-20(17)22(27)23-12-15-24-13-6-3-4-9-21(24)26/h10-11,16,18H,3-9,12-15H2,1-2H3,(H,23,27). The minimum atomic E-state index is -3.63. The van der Waals surface area contributed by atoms with E-state index >= 15 is 0 Å². The van der Waals surface area contributed by atoms with Crippen molar-refractivity contribution in [2.45, 2.75) is 69.7 Å². The Balaban J connectivity index is 1.68. The van der Waals surface area contributed by atoms with Crippen LogP contribution in [0.3, 0.4) is 0 Å². The molecule has 0 aromatic heterocycles. The summed E-state index contributed by atoms with van der Waals surface area (Å²) in [5.74, 6) is -0.166. The number of rotatable bonds is 6. The smallest absolute Gasteiger partial charge is 0.251 e. The Morgan fingerprint density at radius 1 is 1.13 bits per heavy atom. The van der Waals surface area contributed by atoms with E-state index in [1.54, 1.807) is 28.3 Å². The van der Waals surface area contributed by atoms with E-state index in [2.05, 4.69) is 5.32 Å². The van der Waals surface area contributed by atoms with Crippen molar-refractivity contribution in [2.24, 2.45) is 0 Å². The summed E-state index contributed by atoms with van der Waals surface area (Å²) in [5, 5.41) is 2.85. The largest absolute Gasteiger partial charge is 0.350 e. The molecule has 8 heteroatoms. The molecule has 7 nitrogen and oxygen atoms in total. The van der Waals surface area contributed by atoms with Gasteiger partial charge in [0, 0.05) is 44.2 Å². The van der Waals surface area contributed by atoms with Crippen LogP contribution < -0.4 is 5.32 Å². The molecular weight excluding hydrogens is 402 g/mol. The molecule has 0 radical (unpaired) electrons. The van der Waals surface area contributed by atoms with Gasteiger partial charge in [-0.05, 0) is 57.2 Å². The van der Waals surface area contributed by atoms with Gasteiger partial charge in [-0.15, -0.1) is 0 Å². The summed E-state index contributed by atoms with van der Waals surface area (Å²) in [6.07, 6.45) is 6.30. The van der Waals surface area contributed by atoms with Gasteiger partial charge in [-0.2, -0.15) is 4.31 Å². The second-order valence-corrected chi connectivity index (χ2v) is 10.3. The van der Waals surface area contributed by atoms with Crippen LogP contribution in [0.15, 0.2) is 23.1 Å². The van der Waals surface area contributed by atoms with Crippen LogP contribution >= 0.6 is 0 Å². The SMILES string of the molecule is Cc1ccc(S(=O)(=O)N2CCCCC2C)cc1C(=O)NCCN1CCCCCC1=O. The van der Waals surface area contributed by atoms with Crippen molar-refractivity contribution in [2.75, 3.05) is 26.2 Å². The monoisotopic (exact) mass is 435 g/mol. The van der Waals surface area contributed by atoms with Gasteiger partial charge >= 0.3 is 0 Å². The third-order valence-corrected chi connectivity index (χ3v) is 8.15. The van der Waals surface area contributed by atoms with Crippen LogP contribution in [0.1, 0.15) is 67.8 Å². The van der Waals surface area contributed by atoms with Gasteiger partial charge in [-0.25, -0.2) is 8.42 Å². The Hall–Kier alpha value is -1.93. The average molecular weight is 436 g/mol. The number of carbonyl (C=O) groups is 2. The van der Waals surface area contributed by atoms with Gasteiger partial charge in [0.25, 0.3) is 5.91 Å². The van der Waals surface area contributed by atoms with Gasteiger partial charge in [0.15, 0.2) is 0 Å². The number of likely N-dealkylation sites (tertiary alicyclic amines) is 1. The maximum absolute atomic E-state index is 13.1. The van der Waals surface area contributed by atoms with Gasteiger partial charge in [0.05, 0.1) is 4.90 Å². The molecule has 2 aliphatic rings. The fraction of sp³-hybridized carbons (Fsp3) is 0.636. The Kier molecular flexibility index (Phi) is 7.52.